The van der Waals surface area contributed by atoms with Crippen LogP contribution in [0.5, 0.6) is 0 Å². The summed E-state index contributed by atoms with van der Waals surface area (Å²) in [7, 11) is -2.54. The van der Waals surface area contributed by atoms with Crippen molar-refractivity contribution in [1.29, 1.82) is 0 Å². The van der Waals surface area contributed by atoms with E-state index in [1.807, 2.05) is 13.8 Å². The molecule has 1 atom stereocenters. The smallest absolute Gasteiger partial charge is 0.395 e. The van der Waals surface area contributed by atoms with Gasteiger partial charge in [-0.05, 0) is 50.4 Å². The highest BCUT2D eigenvalue weighted by Crippen LogP contribution is 2.32. The molecule has 182 valence electrons. The first-order valence-corrected chi connectivity index (χ1v) is 12.1. The minimum Gasteiger partial charge on any atom is -0.395 e. The number of carbonyl (C=O) groups excluding carboxylic acids is 1. The van der Waals surface area contributed by atoms with Crippen molar-refractivity contribution in [3.05, 3.63) is 29.8 Å². The fourth-order valence-corrected chi connectivity index (χ4v) is 5.70. The number of nitrogens with one attached hydrogen (secondary N) is 1. The second kappa shape index (κ2) is 11.0. The van der Waals surface area contributed by atoms with Crippen LogP contribution >= 0.6 is 0 Å². The molecule has 1 amide bonds. The lowest BCUT2D eigenvalue weighted by atomic mass is 10.00. The zero-order chi connectivity index (χ0) is 24.1. The van der Waals surface area contributed by atoms with Crippen molar-refractivity contribution in [2.45, 2.75) is 56.3 Å². The number of rotatable bonds is 9. The van der Waals surface area contributed by atoms with Gasteiger partial charge in [0.05, 0.1) is 23.1 Å². The maximum absolute atomic E-state index is 13.1. The van der Waals surface area contributed by atoms with Gasteiger partial charge in [0.15, 0.2) is 0 Å². The van der Waals surface area contributed by atoms with Gasteiger partial charge in [-0.2, -0.15) is 17.5 Å². The van der Waals surface area contributed by atoms with Gasteiger partial charge in [0.2, 0.25) is 15.9 Å². The van der Waals surface area contributed by atoms with Crippen LogP contribution in [0.25, 0.3) is 0 Å². The Morgan fingerprint density at radius 2 is 1.91 bits per heavy atom. The second-order valence-corrected chi connectivity index (χ2v) is 10.3. The number of likely N-dealkylation sites (N-methyl/N-ethyl adjacent to an activating group) is 1. The molecule has 1 aliphatic rings. The molecule has 2 rings (SSSR count). The molecule has 1 aromatic rings. The average Bonchev–Trinajstić information content (AvgIpc) is 2.74. The lowest BCUT2D eigenvalue weighted by Crippen LogP contribution is -2.53. The third-order valence-electron chi connectivity index (χ3n) is 5.63. The maximum atomic E-state index is 13.1. The molecule has 2 N–H and O–H groups in total. The highest BCUT2D eigenvalue weighted by Gasteiger charge is 2.37. The molecule has 1 aromatic carbocycles. The summed E-state index contributed by atoms with van der Waals surface area (Å²) < 4.78 is 66.5. The SMILES string of the molecule is CN[C@@H](CC(C)C)C(=O)N1CCC(N(CCO)S(=O)(=O)c2cccc(C(F)(F)F)c2)CC1. The van der Waals surface area contributed by atoms with E-state index >= 15 is 0 Å². The van der Waals surface area contributed by atoms with Gasteiger partial charge in [0.1, 0.15) is 0 Å². The number of sulfonamides is 1. The van der Waals surface area contributed by atoms with Gasteiger partial charge in [-0.25, -0.2) is 8.42 Å². The summed E-state index contributed by atoms with van der Waals surface area (Å²) in [6, 6.07) is 2.76. The quantitative estimate of drug-likeness (QED) is 0.568. The topological polar surface area (TPSA) is 89.9 Å². The molecule has 7 nitrogen and oxygen atoms in total. The molecule has 32 heavy (non-hydrogen) atoms. The van der Waals surface area contributed by atoms with E-state index in [9.17, 15) is 31.5 Å². The third kappa shape index (κ3) is 6.43. The Hall–Kier alpha value is -1.69. The molecular weight excluding hydrogens is 447 g/mol. The Morgan fingerprint density at radius 3 is 2.41 bits per heavy atom. The number of halogens is 3. The third-order valence-corrected chi connectivity index (χ3v) is 7.57. The summed E-state index contributed by atoms with van der Waals surface area (Å²) in [6.45, 7) is 4.02. The van der Waals surface area contributed by atoms with Gasteiger partial charge >= 0.3 is 6.18 Å². The number of piperidine rings is 1. The fourth-order valence-electron chi connectivity index (χ4n) is 3.97. The zero-order valence-electron chi connectivity index (χ0n) is 18.6. The molecule has 1 heterocycles. The van der Waals surface area contributed by atoms with Crippen molar-refractivity contribution in [3.63, 3.8) is 0 Å². The lowest BCUT2D eigenvalue weighted by molar-refractivity contribution is -0.137. The number of benzene rings is 1. The number of aliphatic hydroxyl groups excluding tert-OH is 1. The van der Waals surface area contributed by atoms with Gasteiger partial charge in [0, 0.05) is 25.7 Å². The first kappa shape index (κ1) is 26.6. The lowest BCUT2D eigenvalue weighted by Gasteiger charge is -2.39. The first-order valence-electron chi connectivity index (χ1n) is 10.7. The standard InChI is InChI=1S/C21H32F3N3O4S/c1-15(2)13-19(25-3)20(29)26-9-7-17(8-10-26)27(11-12-28)32(30,31)18-6-4-5-16(14-18)21(22,23)24/h4-6,14-15,17,19,25,28H,7-13H2,1-3H3/t19-/m0/s1. The van der Waals surface area contributed by atoms with Crippen LogP contribution in [0.2, 0.25) is 0 Å². The molecule has 0 aromatic heterocycles. The Labute approximate surface area is 187 Å². The van der Waals surface area contributed by atoms with Crippen molar-refractivity contribution in [3.8, 4) is 0 Å². The number of amides is 1. The van der Waals surface area contributed by atoms with Crippen LogP contribution in [-0.2, 0) is 21.0 Å². The van der Waals surface area contributed by atoms with Crippen molar-refractivity contribution in [1.82, 2.24) is 14.5 Å². The molecule has 0 bridgehead atoms. The number of aliphatic hydroxyl groups is 1. The number of carbonyl (C=O) groups is 1. The van der Waals surface area contributed by atoms with Gasteiger partial charge in [-0.1, -0.05) is 19.9 Å². The van der Waals surface area contributed by atoms with Crippen LogP contribution in [0.15, 0.2) is 29.2 Å². The van der Waals surface area contributed by atoms with E-state index in [0.717, 1.165) is 22.5 Å². The molecule has 0 unspecified atom stereocenters. The molecule has 1 saturated heterocycles. The summed E-state index contributed by atoms with van der Waals surface area (Å²) in [5, 5.41) is 12.5. The number of likely N-dealkylation sites (tertiary alicyclic amines) is 1. The summed E-state index contributed by atoms with van der Waals surface area (Å²) in [5.41, 5.74) is -1.05. The van der Waals surface area contributed by atoms with Crippen LogP contribution in [-0.4, -0.2) is 74.0 Å². The number of hydrogen-bond donors (Lipinski definition) is 2. The molecule has 0 radical (unpaired) electrons. The van der Waals surface area contributed by atoms with Crippen LogP contribution in [0, 0.1) is 5.92 Å². The highest BCUT2D eigenvalue weighted by molar-refractivity contribution is 7.89. The number of alkyl halides is 3. The predicted molar refractivity (Wildman–Crippen MR) is 114 cm³/mol. The minimum absolute atomic E-state index is 0.0471. The maximum Gasteiger partial charge on any atom is 0.416 e. The molecule has 0 saturated carbocycles. The number of hydrogen-bond acceptors (Lipinski definition) is 5. The van der Waals surface area contributed by atoms with Gasteiger partial charge in [-0.3, -0.25) is 4.79 Å². The van der Waals surface area contributed by atoms with Gasteiger partial charge in [-0.15, -0.1) is 0 Å². The molecular formula is C21H32F3N3O4S. The van der Waals surface area contributed by atoms with Gasteiger partial charge in [0.25, 0.3) is 0 Å². The minimum atomic E-state index is -4.67. The van der Waals surface area contributed by atoms with Crippen molar-refractivity contribution < 1.29 is 31.5 Å². The van der Waals surface area contributed by atoms with E-state index in [1.54, 1.807) is 11.9 Å². The Balaban J connectivity index is 2.18. The van der Waals surface area contributed by atoms with E-state index in [4.69, 9.17) is 0 Å². The Bertz CT molecular complexity index is 869. The van der Waals surface area contributed by atoms with E-state index in [1.165, 1.54) is 0 Å². The summed E-state index contributed by atoms with van der Waals surface area (Å²) in [6.07, 6.45) is -3.32. The average molecular weight is 480 g/mol. The largest absolute Gasteiger partial charge is 0.416 e. The molecule has 0 spiro atoms. The van der Waals surface area contributed by atoms with E-state index in [2.05, 4.69) is 5.32 Å². The summed E-state index contributed by atoms with van der Waals surface area (Å²) >= 11 is 0. The van der Waals surface area contributed by atoms with Crippen molar-refractivity contribution >= 4 is 15.9 Å². The van der Waals surface area contributed by atoms with E-state index in [0.29, 0.717) is 44.3 Å². The van der Waals surface area contributed by atoms with Crippen LogP contribution in [0.3, 0.4) is 0 Å². The molecule has 1 fully saturated rings. The van der Waals surface area contributed by atoms with E-state index in [-0.39, 0.29) is 18.5 Å². The fraction of sp³-hybridized carbons (Fsp3) is 0.667. The predicted octanol–water partition coefficient (Wildman–Crippen LogP) is 2.31. The van der Waals surface area contributed by atoms with Crippen LogP contribution in [0.1, 0.15) is 38.7 Å². The number of nitrogens with zero attached hydrogens (tertiary/aromatic N) is 2. The monoisotopic (exact) mass is 479 g/mol. The van der Waals surface area contributed by atoms with E-state index < -0.39 is 39.3 Å². The summed E-state index contributed by atoms with van der Waals surface area (Å²) in [5.74, 6) is 0.278. The van der Waals surface area contributed by atoms with Crippen LogP contribution in [0.4, 0.5) is 13.2 Å². The van der Waals surface area contributed by atoms with Crippen molar-refractivity contribution in [2.24, 2.45) is 5.92 Å². The second-order valence-electron chi connectivity index (χ2n) is 8.39. The first-order chi connectivity index (χ1) is 14.9. The molecule has 1 aliphatic heterocycles. The Kier molecular flexibility index (Phi) is 9.09. The van der Waals surface area contributed by atoms with Crippen molar-refractivity contribution in [2.75, 3.05) is 33.3 Å². The molecule has 11 heteroatoms. The summed E-state index contributed by atoms with van der Waals surface area (Å²) in [4.78, 5) is 14.0. The molecule has 0 aliphatic carbocycles. The van der Waals surface area contributed by atoms with Crippen LogP contribution < -0.4 is 5.32 Å². The van der Waals surface area contributed by atoms with Gasteiger partial charge < -0.3 is 15.3 Å². The zero-order valence-corrected chi connectivity index (χ0v) is 19.4. The Morgan fingerprint density at radius 1 is 1.28 bits per heavy atom. The highest BCUT2D eigenvalue weighted by atomic mass is 32.2. The normalized spacial score (nSPS) is 17.2.